The van der Waals surface area contributed by atoms with Crippen molar-refractivity contribution < 1.29 is 9.59 Å². The van der Waals surface area contributed by atoms with Gasteiger partial charge in [0.2, 0.25) is 5.91 Å². The molecule has 1 rings (SSSR count). The number of likely N-dealkylation sites (N-methyl/N-ethyl adjacent to an activating group) is 1. The second-order valence-electron chi connectivity index (χ2n) is 4.50. The van der Waals surface area contributed by atoms with Crippen LogP contribution in [0.15, 0.2) is 12.4 Å². The van der Waals surface area contributed by atoms with E-state index in [0.717, 1.165) is 23.6 Å². The normalized spacial score (nSPS) is 11.9. The van der Waals surface area contributed by atoms with E-state index in [1.807, 2.05) is 24.7 Å². The summed E-state index contributed by atoms with van der Waals surface area (Å²) in [5, 5.41) is 2.88. The van der Waals surface area contributed by atoms with Crippen molar-refractivity contribution in [1.82, 2.24) is 19.8 Å². The molecule has 0 aromatic carbocycles. The van der Waals surface area contributed by atoms with Gasteiger partial charge in [0, 0.05) is 26.5 Å². The molecule has 19 heavy (non-hydrogen) atoms. The van der Waals surface area contributed by atoms with Crippen LogP contribution in [0.1, 0.15) is 31.6 Å². The summed E-state index contributed by atoms with van der Waals surface area (Å²) < 4.78 is 1.87. The van der Waals surface area contributed by atoms with Crippen molar-refractivity contribution in [2.24, 2.45) is 12.8 Å². The van der Waals surface area contributed by atoms with Gasteiger partial charge in [-0.25, -0.2) is 9.78 Å². The molecule has 0 spiro atoms. The van der Waals surface area contributed by atoms with E-state index in [1.54, 1.807) is 6.20 Å². The molecule has 0 saturated heterocycles. The van der Waals surface area contributed by atoms with Gasteiger partial charge in [-0.1, -0.05) is 13.3 Å². The second-order valence-corrected chi connectivity index (χ2v) is 4.50. The van der Waals surface area contributed by atoms with Gasteiger partial charge in [0.05, 0.1) is 6.04 Å². The van der Waals surface area contributed by atoms with Crippen LogP contribution in [-0.2, 0) is 11.8 Å². The van der Waals surface area contributed by atoms with Gasteiger partial charge in [-0.3, -0.25) is 4.79 Å². The molecule has 0 aliphatic carbocycles. The lowest BCUT2D eigenvalue weighted by atomic mass is 10.1. The molecule has 7 heteroatoms. The minimum absolute atomic E-state index is 0.0556. The Balaban J connectivity index is 2.67. The molecule has 1 heterocycles. The zero-order chi connectivity index (χ0) is 14.4. The van der Waals surface area contributed by atoms with Gasteiger partial charge in [-0.15, -0.1) is 0 Å². The number of aryl methyl sites for hydroxylation is 1. The number of carbonyl (C=O) groups excluding carboxylic acids is 2. The van der Waals surface area contributed by atoms with Crippen molar-refractivity contribution in [1.29, 1.82) is 0 Å². The summed E-state index contributed by atoms with van der Waals surface area (Å²) in [5.41, 5.74) is 5.08. The molecule has 0 aliphatic heterocycles. The number of nitrogens with zero attached hydrogens (tertiary/aromatic N) is 3. The summed E-state index contributed by atoms with van der Waals surface area (Å²) in [4.78, 5) is 28.1. The molecule has 3 N–H and O–H groups in total. The fourth-order valence-corrected chi connectivity index (χ4v) is 1.80. The quantitative estimate of drug-likeness (QED) is 0.780. The average Bonchev–Trinajstić information content (AvgIpc) is 2.74. The highest BCUT2D eigenvalue weighted by Gasteiger charge is 2.19. The topological polar surface area (TPSA) is 93.2 Å². The molecule has 3 amide bonds. The van der Waals surface area contributed by atoms with E-state index in [1.165, 1.54) is 7.05 Å². The van der Waals surface area contributed by atoms with Crippen LogP contribution in [0.3, 0.4) is 0 Å². The van der Waals surface area contributed by atoms with Crippen LogP contribution >= 0.6 is 0 Å². The Hall–Kier alpha value is -2.05. The molecule has 7 nitrogen and oxygen atoms in total. The van der Waals surface area contributed by atoms with Crippen LogP contribution in [0.2, 0.25) is 0 Å². The van der Waals surface area contributed by atoms with Crippen molar-refractivity contribution in [3.8, 4) is 0 Å². The zero-order valence-corrected chi connectivity index (χ0v) is 11.6. The predicted octanol–water partition coefficient (Wildman–Crippen LogP) is 0.388. The van der Waals surface area contributed by atoms with E-state index in [9.17, 15) is 9.59 Å². The smallest absolute Gasteiger partial charge is 0.314 e. The van der Waals surface area contributed by atoms with Crippen molar-refractivity contribution in [2.75, 3.05) is 13.6 Å². The molecule has 1 atom stereocenters. The first-order valence-electron chi connectivity index (χ1n) is 6.22. The summed E-state index contributed by atoms with van der Waals surface area (Å²) in [6, 6.07) is -0.780. The summed E-state index contributed by atoms with van der Waals surface area (Å²) in [7, 11) is 3.37. The highest BCUT2D eigenvalue weighted by Crippen LogP contribution is 2.15. The van der Waals surface area contributed by atoms with Crippen LogP contribution < -0.4 is 11.1 Å². The van der Waals surface area contributed by atoms with Gasteiger partial charge in [0.1, 0.15) is 12.4 Å². The SMILES string of the molecule is CCC[C@@H](NC(=O)CN(C)C(N)=O)c1nccn1C. The van der Waals surface area contributed by atoms with E-state index in [-0.39, 0.29) is 18.5 Å². The Kier molecular flexibility index (Phi) is 5.35. The largest absolute Gasteiger partial charge is 0.351 e. The lowest BCUT2D eigenvalue weighted by Crippen LogP contribution is -2.42. The summed E-state index contributed by atoms with van der Waals surface area (Å²) in [5.74, 6) is 0.555. The van der Waals surface area contributed by atoms with E-state index in [4.69, 9.17) is 5.73 Å². The molecule has 1 aromatic rings. The Labute approximate surface area is 112 Å². The Morgan fingerprint density at radius 3 is 2.74 bits per heavy atom. The van der Waals surface area contributed by atoms with Gasteiger partial charge >= 0.3 is 6.03 Å². The van der Waals surface area contributed by atoms with Crippen LogP contribution in [0, 0.1) is 0 Å². The Morgan fingerprint density at radius 1 is 1.58 bits per heavy atom. The number of primary amides is 1. The van der Waals surface area contributed by atoms with Crippen molar-refractivity contribution in [2.45, 2.75) is 25.8 Å². The third-order valence-corrected chi connectivity index (χ3v) is 2.84. The van der Waals surface area contributed by atoms with Crippen molar-refractivity contribution in [3.63, 3.8) is 0 Å². The Morgan fingerprint density at radius 2 is 2.26 bits per heavy atom. The molecule has 106 valence electrons. The number of hydrogen-bond acceptors (Lipinski definition) is 3. The number of rotatable bonds is 6. The summed E-state index contributed by atoms with van der Waals surface area (Å²) in [6.07, 6.45) is 5.24. The molecule has 1 aromatic heterocycles. The third-order valence-electron chi connectivity index (χ3n) is 2.84. The van der Waals surface area contributed by atoms with E-state index < -0.39 is 6.03 Å². The lowest BCUT2D eigenvalue weighted by Gasteiger charge is -2.20. The van der Waals surface area contributed by atoms with Crippen LogP contribution in [0.5, 0.6) is 0 Å². The fraction of sp³-hybridized carbons (Fsp3) is 0.583. The molecular formula is C12H21N5O2. The first kappa shape index (κ1) is 15.0. The van der Waals surface area contributed by atoms with Gasteiger partial charge in [-0.05, 0) is 6.42 Å². The summed E-state index contributed by atoms with van der Waals surface area (Å²) >= 11 is 0. The molecule has 0 saturated carbocycles. The molecular weight excluding hydrogens is 246 g/mol. The number of carbonyl (C=O) groups is 2. The number of imidazole rings is 1. The number of nitrogens with one attached hydrogen (secondary N) is 1. The molecule has 0 unspecified atom stereocenters. The maximum absolute atomic E-state index is 11.9. The average molecular weight is 267 g/mol. The van der Waals surface area contributed by atoms with Crippen LogP contribution in [0.4, 0.5) is 4.79 Å². The lowest BCUT2D eigenvalue weighted by molar-refractivity contribution is -0.122. The Bertz CT molecular complexity index is 443. The van der Waals surface area contributed by atoms with Crippen molar-refractivity contribution >= 4 is 11.9 Å². The third kappa shape index (κ3) is 4.27. The number of urea groups is 1. The zero-order valence-electron chi connectivity index (χ0n) is 11.6. The number of aromatic nitrogens is 2. The van der Waals surface area contributed by atoms with E-state index in [0.29, 0.717) is 0 Å². The molecule has 0 bridgehead atoms. The minimum atomic E-state index is -0.626. The predicted molar refractivity (Wildman–Crippen MR) is 71.2 cm³/mol. The van der Waals surface area contributed by atoms with Gasteiger partial charge in [0.25, 0.3) is 0 Å². The van der Waals surface area contributed by atoms with E-state index in [2.05, 4.69) is 10.3 Å². The summed E-state index contributed by atoms with van der Waals surface area (Å²) in [6.45, 7) is 1.98. The van der Waals surface area contributed by atoms with Crippen LogP contribution in [-0.4, -0.2) is 40.0 Å². The molecule has 0 aliphatic rings. The first-order valence-corrected chi connectivity index (χ1v) is 6.22. The highest BCUT2D eigenvalue weighted by atomic mass is 16.2. The number of amides is 3. The maximum atomic E-state index is 11.9. The van der Waals surface area contributed by atoms with E-state index >= 15 is 0 Å². The maximum Gasteiger partial charge on any atom is 0.314 e. The minimum Gasteiger partial charge on any atom is -0.351 e. The first-order chi connectivity index (χ1) is 8.95. The molecule has 0 fully saturated rings. The van der Waals surface area contributed by atoms with Gasteiger partial charge in [0.15, 0.2) is 0 Å². The number of nitrogens with two attached hydrogens (primary N) is 1. The van der Waals surface area contributed by atoms with Gasteiger partial charge in [-0.2, -0.15) is 0 Å². The number of hydrogen-bond donors (Lipinski definition) is 2. The van der Waals surface area contributed by atoms with Crippen LogP contribution in [0.25, 0.3) is 0 Å². The standard InChI is InChI=1S/C12H21N5O2/c1-4-5-9(11-14-6-7-16(11)2)15-10(18)8-17(3)12(13)19/h6-7,9H,4-5,8H2,1-3H3,(H2,13,19)(H,15,18)/t9-/m1/s1. The monoisotopic (exact) mass is 267 g/mol. The highest BCUT2D eigenvalue weighted by molar-refractivity contribution is 5.83. The van der Waals surface area contributed by atoms with Crippen molar-refractivity contribution in [3.05, 3.63) is 18.2 Å². The molecule has 0 radical (unpaired) electrons. The fourth-order valence-electron chi connectivity index (χ4n) is 1.80. The second kappa shape index (κ2) is 6.77. The van der Waals surface area contributed by atoms with Gasteiger partial charge < -0.3 is 20.5 Å².